The Morgan fingerprint density at radius 2 is 0.912 bits per heavy atom. The monoisotopic (exact) mass is 1830 g/mol. The van der Waals surface area contributed by atoms with Gasteiger partial charge in [0.05, 0.1) is 93.8 Å². The summed E-state index contributed by atoms with van der Waals surface area (Å²) in [7, 11) is 20.3. The van der Waals surface area contributed by atoms with Gasteiger partial charge in [0.1, 0.15) is 112 Å². The first-order valence-corrected chi connectivity index (χ1v) is 41.1. The molecule has 0 bridgehead atoms. The number of ether oxygens (including phenoxy) is 6. The van der Waals surface area contributed by atoms with E-state index in [1.165, 1.54) is 141 Å². The van der Waals surface area contributed by atoms with Gasteiger partial charge in [-0.2, -0.15) is 0 Å². The van der Waals surface area contributed by atoms with E-state index in [1.54, 1.807) is 18.2 Å². The van der Waals surface area contributed by atoms with E-state index >= 15 is 0 Å². The summed E-state index contributed by atoms with van der Waals surface area (Å²) in [6.07, 6.45) is 14.7. The first-order valence-electron chi connectivity index (χ1n) is 38.9. The molecule has 660 valence electrons. The maximum absolute atomic E-state index is 14.8. The molecule has 2 saturated heterocycles. The fourth-order valence-electron chi connectivity index (χ4n) is 13.9. The Balaban J connectivity index is 0.886. The number of carbonyl (C=O) groups excluding carboxylic acids is 6. The summed E-state index contributed by atoms with van der Waals surface area (Å²) in [5.41, 5.74) is 5.50. The Hall–Kier alpha value is -12.2. The van der Waals surface area contributed by atoms with E-state index < -0.39 is 35.8 Å². The van der Waals surface area contributed by atoms with Gasteiger partial charge in [-0.3, -0.25) is 43.9 Å². The van der Waals surface area contributed by atoms with Crippen molar-refractivity contribution >= 4 is 192 Å². The molecule has 4 atom stereocenters. The number of aliphatic imine (C=N–C) groups is 2. The van der Waals surface area contributed by atoms with Crippen LogP contribution in [0.5, 0.6) is 34.5 Å². The van der Waals surface area contributed by atoms with E-state index in [0.29, 0.717) is 73.1 Å². The van der Waals surface area contributed by atoms with Crippen LogP contribution < -0.4 is 86.1 Å². The zero-order valence-corrected chi connectivity index (χ0v) is 75.7. The van der Waals surface area contributed by atoms with Crippen molar-refractivity contribution in [3.05, 3.63) is 193 Å². The number of benzene rings is 6. The Morgan fingerprint density at radius 1 is 0.504 bits per heavy atom. The van der Waals surface area contributed by atoms with Gasteiger partial charge in [0.2, 0.25) is 17.7 Å². The summed E-state index contributed by atoms with van der Waals surface area (Å²) < 4.78 is 32.4. The highest BCUT2D eigenvalue weighted by Gasteiger charge is 2.32. The Kier molecular flexibility index (Phi) is 33.4. The molecule has 9 N–H and O–H groups in total. The van der Waals surface area contributed by atoms with Crippen LogP contribution in [0, 0.1) is 0 Å². The number of anilines is 13. The number of carbonyl (C=O) groups is 6. The van der Waals surface area contributed by atoms with Crippen molar-refractivity contribution in [1.29, 1.82) is 0 Å². The average Bonchev–Trinajstić information content (AvgIpc) is 0.812. The molecule has 2 fully saturated rings. The minimum atomic E-state index is -0.670. The number of likely N-dealkylation sites (N-methyl/N-ethyl adjacent to an activating group) is 3. The van der Waals surface area contributed by atoms with Crippen LogP contribution in [0.2, 0.25) is 30.1 Å². The molecule has 39 heteroatoms. The molecule has 4 heterocycles. The molecule has 4 unspecified atom stereocenters. The van der Waals surface area contributed by atoms with E-state index in [9.17, 15) is 28.8 Å². The average molecular weight is 1830 g/mol. The molecule has 0 saturated carbocycles. The summed E-state index contributed by atoms with van der Waals surface area (Å²) in [6.45, 7) is 12.1. The molecule has 33 nitrogen and oxygen atoms in total. The van der Waals surface area contributed by atoms with E-state index in [4.69, 9.17) is 98.0 Å². The summed E-state index contributed by atoms with van der Waals surface area (Å²) in [5, 5.41) is 27.5. The zero-order valence-electron chi connectivity index (χ0n) is 71.1. The molecule has 8 aromatic rings. The third-order valence-corrected chi connectivity index (χ3v) is 23.0. The number of aromatic nitrogens is 4. The van der Waals surface area contributed by atoms with Gasteiger partial charge in [0.15, 0.2) is 0 Å². The number of urea groups is 3. The highest BCUT2D eigenvalue weighted by molar-refractivity contribution is 6.43. The number of amidine groups is 1. The SMILES string of the molecule is C=CC(=O)Nc1cc(C2CCN(CC)C(/C=C/C(=O)Nc3cc(C4CCN(C)C(/C=C/C(=O)Nc5cc(CN(C)C)ccc5N/C(=C/C(=N\C)N(C)C(=O)Nc5c(Cl)c(OC)cc(OC)c5Cl)N=C)C4)ccc3Nc3cc(N(C)C(=O)Nc4c(Cl)c(OC)cc(OC)c4Cl)ncn3)C2)ccc1Nc1cc(N(C)C(=O)Nc2c(Cl)c(OC)cc(OC)c2Cl)ncn1. The van der Waals surface area contributed by atoms with Crippen LogP contribution in [0.3, 0.4) is 0 Å². The summed E-state index contributed by atoms with van der Waals surface area (Å²) in [5.74, 6) is 1.08. The maximum atomic E-state index is 14.8. The molecule has 9 amide bonds. The van der Waals surface area contributed by atoms with Gasteiger partial charge in [0, 0.05) is 95.4 Å². The van der Waals surface area contributed by atoms with Crippen molar-refractivity contribution in [2.24, 2.45) is 9.98 Å². The number of nitrogens with zero attached hydrogens (tertiary/aromatic N) is 12. The van der Waals surface area contributed by atoms with Crippen molar-refractivity contribution in [2.75, 3.05) is 169 Å². The third-order valence-electron chi connectivity index (χ3n) is 20.7. The number of methoxy groups -OCH3 is 6. The standard InChI is InChI=1S/C86H97Cl6N21O12/c1-17-72(114)102-58-36-49(21-25-55(58)100-67-42-70(97-45-95-67)111(9)85(118)106-82-77(89)62(122-13)39-63(123-14)78(82)90)51-30-32-113(18-2)53(35-51)23-28-74(116)104-59-37-48(20-26-56(59)101-68-43-71(98-46-96-68)112(10)86(119)107-83-79(91)64(124-15)40-65(125-16)80(83)92)50-29-31-109(7)52(34-50)22-27-73(115)103-57-33-47(44-108(5)6)19-24-54(57)99-66(93-3)41-69(94-4)110(8)84(117)105-81-75(87)60(120-11)38-61(121-12)76(81)88/h17,19-28,33,36-43,45-46,50-53,99H,1,3,18,29-32,34-35,44H2,2,4-16H3,(H,102,114)(H,103,115)(H,104,116)(H,105,117)(H,106,118)(H,107,119)(H,95,97,100)(H,96,98,101)/b27-22+,28-23+,66-41+,94-69+. The number of rotatable bonds is 32. The molecule has 0 radical (unpaired) electrons. The van der Waals surface area contributed by atoms with Crippen LogP contribution in [-0.4, -0.2) is 212 Å². The molecule has 125 heavy (non-hydrogen) atoms. The van der Waals surface area contributed by atoms with Gasteiger partial charge >= 0.3 is 18.1 Å². The third kappa shape index (κ3) is 23.6. The van der Waals surface area contributed by atoms with Crippen LogP contribution in [0.25, 0.3) is 0 Å². The second kappa shape index (κ2) is 43.9. The van der Waals surface area contributed by atoms with Crippen molar-refractivity contribution in [3.63, 3.8) is 0 Å². The predicted molar refractivity (Wildman–Crippen MR) is 498 cm³/mol. The largest absolute Gasteiger partial charge is 0.495 e. The van der Waals surface area contributed by atoms with Crippen LogP contribution in [0.15, 0.2) is 156 Å². The van der Waals surface area contributed by atoms with Crippen LogP contribution >= 0.6 is 69.6 Å². The van der Waals surface area contributed by atoms with Crippen LogP contribution in [0.1, 0.15) is 61.1 Å². The minimum Gasteiger partial charge on any atom is -0.495 e. The first-order chi connectivity index (χ1) is 59.9. The molecule has 2 aliphatic heterocycles. The lowest BCUT2D eigenvalue weighted by Gasteiger charge is -2.38. The van der Waals surface area contributed by atoms with Crippen LogP contribution in [0.4, 0.5) is 88.8 Å². The van der Waals surface area contributed by atoms with Gasteiger partial charge in [-0.1, -0.05) is 113 Å². The second-order valence-electron chi connectivity index (χ2n) is 28.8. The molecule has 2 aromatic heterocycles. The molecule has 6 aromatic carbocycles. The number of hydrogen-bond acceptors (Lipinski definition) is 24. The summed E-state index contributed by atoms with van der Waals surface area (Å²) >= 11 is 39.6. The van der Waals surface area contributed by atoms with Crippen molar-refractivity contribution in [2.45, 2.75) is 63.1 Å². The van der Waals surface area contributed by atoms with Crippen molar-refractivity contribution < 1.29 is 57.2 Å². The normalized spacial score (nSPS) is 15.5. The highest BCUT2D eigenvalue weighted by Crippen LogP contribution is 2.48. The molecule has 2 aliphatic rings. The van der Waals surface area contributed by atoms with Gasteiger partial charge in [-0.05, 0) is 144 Å². The Bertz CT molecular complexity index is 5420. The lowest BCUT2D eigenvalue weighted by Crippen LogP contribution is -2.40. The predicted octanol–water partition coefficient (Wildman–Crippen LogP) is 17.5. The molecule has 0 aliphatic carbocycles. The zero-order chi connectivity index (χ0) is 90.6. The van der Waals surface area contributed by atoms with Crippen molar-refractivity contribution in [1.82, 2.24) is 39.5 Å². The first kappa shape index (κ1) is 95.1. The highest BCUT2D eigenvalue weighted by atomic mass is 35.5. The summed E-state index contributed by atoms with van der Waals surface area (Å²) in [6, 6.07) is 22.2. The van der Waals surface area contributed by atoms with E-state index in [-0.39, 0.29) is 141 Å². The number of halogens is 6. The van der Waals surface area contributed by atoms with Gasteiger partial charge in [0.25, 0.3) is 0 Å². The second-order valence-corrected chi connectivity index (χ2v) is 31.1. The van der Waals surface area contributed by atoms with Crippen LogP contribution in [-0.2, 0) is 20.9 Å². The molecule has 0 spiro atoms. The quantitative estimate of drug-likeness (QED) is 0.0107. The topological polar surface area (TPSA) is 362 Å². The smallest absolute Gasteiger partial charge is 0.327 e. The lowest BCUT2D eigenvalue weighted by atomic mass is 9.84. The van der Waals surface area contributed by atoms with Crippen molar-refractivity contribution in [3.8, 4) is 34.5 Å². The Labute approximate surface area is 754 Å². The minimum absolute atomic E-state index is 0.0395. The number of nitrogens with one attached hydrogen (secondary N) is 9. The number of likely N-dealkylation sites (tertiary alicyclic amines) is 2. The Morgan fingerprint density at radius 3 is 1.33 bits per heavy atom. The fraction of sp³-hybridized carbons (Fsp3) is 0.302. The van der Waals surface area contributed by atoms with Gasteiger partial charge in [-0.15, -0.1) is 0 Å². The van der Waals surface area contributed by atoms with Gasteiger partial charge < -0.3 is 81.2 Å². The maximum Gasteiger partial charge on any atom is 0.327 e. The van der Waals surface area contributed by atoms with E-state index in [2.05, 4.69) is 108 Å². The number of piperidine rings is 2. The summed E-state index contributed by atoms with van der Waals surface area (Å²) in [4.78, 5) is 120. The van der Waals surface area contributed by atoms with E-state index in [0.717, 1.165) is 29.5 Å². The number of amides is 9. The number of hydrogen-bond donors (Lipinski definition) is 9. The molecular weight excluding hydrogens is 1730 g/mol. The van der Waals surface area contributed by atoms with Gasteiger partial charge in [-0.25, -0.2) is 39.3 Å². The molecule has 10 rings (SSSR count). The van der Waals surface area contributed by atoms with E-state index in [1.807, 2.05) is 86.7 Å². The lowest BCUT2D eigenvalue weighted by molar-refractivity contribution is -0.112. The fourth-order valence-corrected chi connectivity index (χ4v) is 15.7. The molecular formula is C86H97Cl6N21O12.